The van der Waals surface area contributed by atoms with Gasteiger partial charge in [-0.3, -0.25) is 4.79 Å². The number of ether oxygens (including phenoxy) is 2. The minimum atomic E-state index is 0.0429. The van der Waals surface area contributed by atoms with Gasteiger partial charge in [-0.15, -0.1) is 11.8 Å². The summed E-state index contributed by atoms with van der Waals surface area (Å²) in [5, 5.41) is 0.0429. The topological polar surface area (TPSA) is 38.8 Å². The number of methoxy groups -OCH3 is 2. The van der Waals surface area contributed by atoms with E-state index in [2.05, 4.69) is 0 Å². The van der Waals surface area contributed by atoms with E-state index in [1.807, 2.05) is 23.1 Å². The van der Waals surface area contributed by atoms with Crippen LogP contribution in [0.25, 0.3) is 0 Å². The molecule has 0 spiro atoms. The summed E-state index contributed by atoms with van der Waals surface area (Å²) in [6.07, 6.45) is 3.11. The number of rotatable bonds is 5. The quantitative estimate of drug-likeness (QED) is 0.838. The molecule has 1 aromatic rings. The van der Waals surface area contributed by atoms with Crippen molar-refractivity contribution in [2.24, 2.45) is 5.92 Å². The van der Waals surface area contributed by atoms with Crippen LogP contribution in [0, 0.1) is 5.92 Å². The van der Waals surface area contributed by atoms with Crippen LogP contribution >= 0.6 is 11.8 Å². The van der Waals surface area contributed by atoms with E-state index in [4.69, 9.17) is 9.47 Å². The monoisotopic (exact) mass is 307 g/mol. The van der Waals surface area contributed by atoms with Gasteiger partial charge in [-0.05, 0) is 37.0 Å². The average molecular weight is 307 g/mol. The van der Waals surface area contributed by atoms with Gasteiger partial charge in [0.25, 0.3) is 0 Å². The summed E-state index contributed by atoms with van der Waals surface area (Å²) >= 11 is 1.80. The molecule has 0 aromatic heterocycles. The fourth-order valence-electron chi connectivity index (χ4n) is 2.70. The molecule has 1 unspecified atom stereocenters. The van der Waals surface area contributed by atoms with Crippen LogP contribution in [-0.4, -0.2) is 37.3 Å². The Kier molecular flexibility index (Phi) is 4.29. The molecule has 1 saturated heterocycles. The summed E-state index contributed by atoms with van der Waals surface area (Å²) in [7, 11) is 3.32. The molecule has 1 aliphatic carbocycles. The zero-order chi connectivity index (χ0) is 14.8. The minimum absolute atomic E-state index is 0.0429. The summed E-state index contributed by atoms with van der Waals surface area (Å²) in [6.45, 7) is 0.821. The zero-order valence-corrected chi connectivity index (χ0v) is 13.3. The first-order valence-electron chi connectivity index (χ1n) is 7.36. The Morgan fingerprint density at radius 2 is 2.14 bits per heavy atom. The van der Waals surface area contributed by atoms with Gasteiger partial charge in [0, 0.05) is 24.3 Å². The second kappa shape index (κ2) is 6.18. The lowest BCUT2D eigenvalue weighted by Gasteiger charge is -2.26. The van der Waals surface area contributed by atoms with Crippen LogP contribution in [0.5, 0.6) is 11.5 Å². The largest absolute Gasteiger partial charge is 0.497 e. The van der Waals surface area contributed by atoms with Crippen LogP contribution in [0.15, 0.2) is 18.2 Å². The van der Waals surface area contributed by atoms with Gasteiger partial charge in [0.2, 0.25) is 5.91 Å². The third-order valence-corrected chi connectivity index (χ3v) is 5.32. The minimum Gasteiger partial charge on any atom is -0.497 e. The molecule has 1 atom stereocenters. The zero-order valence-electron chi connectivity index (χ0n) is 12.5. The lowest BCUT2D eigenvalue weighted by Crippen LogP contribution is -2.30. The van der Waals surface area contributed by atoms with Gasteiger partial charge in [-0.1, -0.05) is 0 Å². The van der Waals surface area contributed by atoms with Crippen molar-refractivity contribution in [2.45, 2.75) is 24.6 Å². The van der Waals surface area contributed by atoms with Gasteiger partial charge in [0.15, 0.2) is 0 Å². The van der Waals surface area contributed by atoms with E-state index in [0.717, 1.165) is 29.4 Å². The van der Waals surface area contributed by atoms with E-state index >= 15 is 0 Å². The third kappa shape index (κ3) is 3.12. The molecule has 0 radical (unpaired) electrons. The second-order valence-corrected chi connectivity index (χ2v) is 6.75. The highest BCUT2D eigenvalue weighted by Gasteiger charge is 2.35. The molecule has 5 heteroatoms. The van der Waals surface area contributed by atoms with Crippen molar-refractivity contribution in [1.29, 1.82) is 0 Å². The second-order valence-electron chi connectivity index (χ2n) is 5.57. The van der Waals surface area contributed by atoms with Crippen LogP contribution in [0.3, 0.4) is 0 Å². The Bertz CT molecular complexity index is 530. The van der Waals surface area contributed by atoms with Crippen molar-refractivity contribution >= 4 is 17.7 Å². The number of amides is 1. The normalized spacial score (nSPS) is 21.4. The molecule has 1 aromatic carbocycles. The van der Waals surface area contributed by atoms with E-state index in [0.29, 0.717) is 12.3 Å². The number of carbonyl (C=O) groups is 1. The Balaban J connectivity index is 1.84. The summed E-state index contributed by atoms with van der Waals surface area (Å²) in [4.78, 5) is 14.5. The van der Waals surface area contributed by atoms with Gasteiger partial charge in [0.1, 0.15) is 16.9 Å². The smallest absolute Gasteiger partial charge is 0.224 e. The third-order valence-electron chi connectivity index (χ3n) is 4.07. The Morgan fingerprint density at radius 3 is 2.81 bits per heavy atom. The summed E-state index contributed by atoms with van der Waals surface area (Å²) < 4.78 is 10.8. The van der Waals surface area contributed by atoms with Crippen molar-refractivity contribution < 1.29 is 14.3 Å². The molecule has 114 valence electrons. The van der Waals surface area contributed by atoms with Crippen LogP contribution in [0.1, 0.15) is 30.2 Å². The molecule has 0 bridgehead atoms. The molecule has 21 heavy (non-hydrogen) atoms. The SMILES string of the molecule is COc1ccc(OC)c(C2SCCN2C(=O)CC2CC2)c1. The molecule has 0 N–H and O–H groups in total. The van der Waals surface area contributed by atoms with E-state index in [1.54, 1.807) is 26.0 Å². The highest BCUT2D eigenvalue weighted by molar-refractivity contribution is 7.99. The highest BCUT2D eigenvalue weighted by Crippen LogP contribution is 2.44. The van der Waals surface area contributed by atoms with E-state index in [-0.39, 0.29) is 11.3 Å². The van der Waals surface area contributed by atoms with Crippen molar-refractivity contribution in [3.63, 3.8) is 0 Å². The summed E-state index contributed by atoms with van der Waals surface area (Å²) in [5.74, 6) is 3.49. The highest BCUT2D eigenvalue weighted by atomic mass is 32.2. The maximum absolute atomic E-state index is 12.5. The maximum atomic E-state index is 12.5. The van der Waals surface area contributed by atoms with Crippen LogP contribution in [0.2, 0.25) is 0 Å². The molecular weight excluding hydrogens is 286 g/mol. The van der Waals surface area contributed by atoms with Crippen LogP contribution < -0.4 is 9.47 Å². The number of hydrogen-bond acceptors (Lipinski definition) is 4. The molecule has 1 amide bonds. The van der Waals surface area contributed by atoms with Gasteiger partial charge < -0.3 is 14.4 Å². The summed E-state index contributed by atoms with van der Waals surface area (Å²) in [5.41, 5.74) is 1.03. The van der Waals surface area contributed by atoms with E-state index in [1.165, 1.54) is 12.8 Å². The average Bonchev–Trinajstić information content (AvgIpc) is 3.18. The Morgan fingerprint density at radius 1 is 1.33 bits per heavy atom. The molecule has 2 aliphatic rings. The fraction of sp³-hybridized carbons (Fsp3) is 0.562. The van der Waals surface area contributed by atoms with Gasteiger partial charge in [-0.2, -0.15) is 0 Å². The molecule has 1 aliphatic heterocycles. The fourth-order valence-corrected chi connectivity index (χ4v) is 3.99. The predicted octanol–water partition coefficient (Wildman–Crippen LogP) is 3.08. The number of benzene rings is 1. The Labute approximate surface area is 129 Å². The van der Waals surface area contributed by atoms with E-state index in [9.17, 15) is 4.79 Å². The van der Waals surface area contributed by atoms with Crippen molar-refractivity contribution in [3.05, 3.63) is 23.8 Å². The van der Waals surface area contributed by atoms with E-state index < -0.39 is 0 Å². The van der Waals surface area contributed by atoms with Gasteiger partial charge >= 0.3 is 0 Å². The molecule has 1 heterocycles. The predicted molar refractivity (Wildman–Crippen MR) is 83.8 cm³/mol. The number of carbonyl (C=O) groups excluding carboxylic acids is 1. The molecule has 1 saturated carbocycles. The van der Waals surface area contributed by atoms with Crippen molar-refractivity contribution in [2.75, 3.05) is 26.5 Å². The van der Waals surface area contributed by atoms with Gasteiger partial charge in [0.05, 0.1) is 14.2 Å². The lowest BCUT2D eigenvalue weighted by atomic mass is 10.1. The first kappa shape index (κ1) is 14.6. The van der Waals surface area contributed by atoms with Crippen LogP contribution in [-0.2, 0) is 4.79 Å². The standard InChI is InChI=1S/C16H21NO3S/c1-19-12-5-6-14(20-2)13(10-12)16-17(7-8-21-16)15(18)9-11-3-4-11/h5-6,10-11,16H,3-4,7-9H2,1-2H3. The Hall–Kier alpha value is -1.36. The maximum Gasteiger partial charge on any atom is 0.224 e. The van der Waals surface area contributed by atoms with Crippen LogP contribution in [0.4, 0.5) is 0 Å². The molecular formula is C16H21NO3S. The van der Waals surface area contributed by atoms with Crippen molar-refractivity contribution in [1.82, 2.24) is 4.90 Å². The number of hydrogen-bond donors (Lipinski definition) is 0. The van der Waals surface area contributed by atoms with Crippen molar-refractivity contribution in [3.8, 4) is 11.5 Å². The number of nitrogens with zero attached hydrogens (tertiary/aromatic N) is 1. The summed E-state index contributed by atoms with van der Waals surface area (Å²) in [6, 6.07) is 5.79. The lowest BCUT2D eigenvalue weighted by molar-refractivity contribution is -0.131. The first-order chi connectivity index (χ1) is 10.2. The molecule has 3 rings (SSSR count). The number of thioether (sulfide) groups is 1. The first-order valence-corrected chi connectivity index (χ1v) is 8.41. The van der Waals surface area contributed by atoms with Gasteiger partial charge in [-0.25, -0.2) is 0 Å². The molecule has 4 nitrogen and oxygen atoms in total. The molecule has 2 fully saturated rings.